The van der Waals surface area contributed by atoms with Gasteiger partial charge in [0.2, 0.25) is 11.9 Å². The summed E-state index contributed by atoms with van der Waals surface area (Å²) in [7, 11) is 0. The van der Waals surface area contributed by atoms with Crippen molar-refractivity contribution in [1.29, 1.82) is 0 Å². The number of anilines is 1. The number of para-hydroxylation sites is 1. The van der Waals surface area contributed by atoms with Gasteiger partial charge in [-0.15, -0.1) is 0 Å². The monoisotopic (exact) mass is 285 g/mol. The first-order chi connectivity index (χ1) is 10.2. The van der Waals surface area contributed by atoms with Crippen molar-refractivity contribution >= 4 is 17.6 Å². The summed E-state index contributed by atoms with van der Waals surface area (Å²) in [6, 6.07) is 8.35. The van der Waals surface area contributed by atoms with Crippen LogP contribution in [0.3, 0.4) is 0 Å². The van der Waals surface area contributed by atoms with Crippen LogP contribution in [0, 0.1) is 0 Å². The molecule has 1 spiro atoms. The Hall–Kier alpha value is -2.04. The van der Waals surface area contributed by atoms with Crippen molar-refractivity contribution in [3.05, 3.63) is 29.8 Å². The van der Waals surface area contributed by atoms with Crippen LogP contribution in [-0.2, 0) is 6.42 Å². The molecule has 0 unspecified atom stereocenters. The molecular formula is C16H23N5. The third-order valence-corrected chi connectivity index (χ3v) is 4.46. The fourth-order valence-corrected chi connectivity index (χ4v) is 3.50. The van der Waals surface area contributed by atoms with E-state index in [0.717, 1.165) is 37.8 Å². The second kappa shape index (κ2) is 5.39. The van der Waals surface area contributed by atoms with E-state index in [4.69, 9.17) is 16.5 Å². The molecule has 0 radical (unpaired) electrons. The Balaban J connectivity index is 2.11. The predicted octanol–water partition coefficient (Wildman–Crippen LogP) is 2.36. The van der Waals surface area contributed by atoms with Gasteiger partial charge in [-0.05, 0) is 43.7 Å². The number of hydrogen-bond donors (Lipinski definition) is 2. The van der Waals surface area contributed by atoms with E-state index >= 15 is 0 Å². The maximum atomic E-state index is 6.25. The standard InChI is InChI=1S/C16H23N5/c1-2-12-8-4-5-9-13(12)21-15(18)19-14(17)20-16(21)10-6-3-7-11-16/h4-5,8-9H,2-3,6-7,10-11H2,1H3,(H4,17,18,19,20). The van der Waals surface area contributed by atoms with Crippen LogP contribution in [0.25, 0.3) is 0 Å². The highest BCUT2D eigenvalue weighted by molar-refractivity contribution is 6.06. The lowest BCUT2D eigenvalue weighted by Gasteiger charge is -2.46. The van der Waals surface area contributed by atoms with Gasteiger partial charge in [0.15, 0.2) is 0 Å². The normalized spacial score (nSPS) is 21.1. The van der Waals surface area contributed by atoms with Crippen LogP contribution >= 0.6 is 0 Å². The van der Waals surface area contributed by atoms with Gasteiger partial charge in [0.05, 0.1) is 0 Å². The fraction of sp³-hybridized carbons (Fsp3) is 0.500. The maximum absolute atomic E-state index is 6.25. The van der Waals surface area contributed by atoms with Crippen molar-refractivity contribution in [2.75, 3.05) is 4.90 Å². The van der Waals surface area contributed by atoms with Crippen molar-refractivity contribution < 1.29 is 0 Å². The van der Waals surface area contributed by atoms with Crippen LogP contribution in [0.5, 0.6) is 0 Å². The Morgan fingerprint density at radius 1 is 1.14 bits per heavy atom. The molecule has 1 saturated carbocycles. The molecule has 5 heteroatoms. The second-order valence-electron chi connectivity index (χ2n) is 5.80. The summed E-state index contributed by atoms with van der Waals surface area (Å²) in [5.41, 5.74) is 14.2. The van der Waals surface area contributed by atoms with Gasteiger partial charge in [0, 0.05) is 5.69 Å². The lowest BCUT2D eigenvalue weighted by molar-refractivity contribution is 0.305. The zero-order chi connectivity index (χ0) is 14.9. The number of hydrogen-bond acceptors (Lipinski definition) is 5. The van der Waals surface area contributed by atoms with Crippen molar-refractivity contribution in [3.8, 4) is 0 Å². The van der Waals surface area contributed by atoms with E-state index in [1.807, 2.05) is 6.07 Å². The number of benzene rings is 1. The summed E-state index contributed by atoms with van der Waals surface area (Å²) in [5.74, 6) is 0.768. The van der Waals surface area contributed by atoms with E-state index in [0.29, 0.717) is 11.9 Å². The molecule has 5 nitrogen and oxygen atoms in total. The largest absolute Gasteiger partial charge is 0.369 e. The average Bonchev–Trinajstić information content (AvgIpc) is 2.47. The molecule has 2 aliphatic rings. The quantitative estimate of drug-likeness (QED) is 0.875. The minimum absolute atomic E-state index is 0.305. The Morgan fingerprint density at radius 3 is 2.57 bits per heavy atom. The lowest BCUT2D eigenvalue weighted by Crippen LogP contribution is -2.58. The van der Waals surface area contributed by atoms with Crippen LogP contribution in [-0.4, -0.2) is 17.6 Å². The molecule has 0 amide bonds. The number of nitrogens with zero attached hydrogens (tertiary/aromatic N) is 3. The molecule has 1 aromatic carbocycles. The van der Waals surface area contributed by atoms with Crippen LogP contribution in [0.1, 0.15) is 44.6 Å². The van der Waals surface area contributed by atoms with Gasteiger partial charge in [-0.1, -0.05) is 31.5 Å². The fourth-order valence-electron chi connectivity index (χ4n) is 3.50. The van der Waals surface area contributed by atoms with Crippen molar-refractivity contribution in [2.45, 2.75) is 51.1 Å². The smallest absolute Gasteiger partial charge is 0.220 e. The van der Waals surface area contributed by atoms with Crippen molar-refractivity contribution in [1.82, 2.24) is 0 Å². The summed E-state index contributed by atoms with van der Waals surface area (Å²) >= 11 is 0. The SMILES string of the molecule is CCc1ccccc1N1C(N)=NC(N)=NC12CCCCC2. The topological polar surface area (TPSA) is 80.0 Å². The Kier molecular flexibility index (Phi) is 3.57. The molecule has 0 atom stereocenters. The number of nitrogens with two attached hydrogens (primary N) is 2. The minimum atomic E-state index is -0.348. The maximum Gasteiger partial charge on any atom is 0.220 e. The molecular weight excluding hydrogens is 262 g/mol. The number of rotatable bonds is 2. The van der Waals surface area contributed by atoms with E-state index < -0.39 is 0 Å². The molecule has 21 heavy (non-hydrogen) atoms. The average molecular weight is 285 g/mol. The lowest BCUT2D eigenvalue weighted by atomic mass is 9.87. The first-order valence-electron chi connectivity index (χ1n) is 7.74. The molecule has 1 aliphatic heterocycles. The summed E-state index contributed by atoms with van der Waals surface area (Å²) in [6.07, 6.45) is 6.44. The predicted molar refractivity (Wildman–Crippen MR) is 87.4 cm³/mol. The van der Waals surface area contributed by atoms with Gasteiger partial charge < -0.3 is 11.5 Å². The highest BCUT2D eigenvalue weighted by Crippen LogP contribution is 2.40. The molecule has 1 heterocycles. The highest BCUT2D eigenvalue weighted by atomic mass is 15.4. The van der Waals surface area contributed by atoms with Gasteiger partial charge in [-0.2, -0.15) is 4.99 Å². The van der Waals surface area contributed by atoms with Gasteiger partial charge in [-0.3, -0.25) is 4.90 Å². The third kappa shape index (κ3) is 2.37. The minimum Gasteiger partial charge on any atom is -0.369 e. The van der Waals surface area contributed by atoms with E-state index in [9.17, 15) is 0 Å². The van der Waals surface area contributed by atoms with E-state index in [-0.39, 0.29) is 5.66 Å². The van der Waals surface area contributed by atoms with E-state index in [2.05, 4.69) is 35.0 Å². The zero-order valence-electron chi connectivity index (χ0n) is 12.5. The van der Waals surface area contributed by atoms with Gasteiger partial charge >= 0.3 is 0 Å². The first kappa shape index (κ1) is 13.9. The molecule has 1 aromatic rings. The van der Waals surface area contributed by atoms with Gasteiger partial charge in [0.1, 0.15) is 5.66 Å². The highest BCUT2D eigenvalue weighted by Gasteiger charge is 2.42. The second-order valence-corrected chi connectivity index (χ2v) is 5.80. The molecule has 112 valence electrons. The van der Waals surface area contributed by atoms with Crippen LogP contribution in [0.4, 0.5) is 5.69 Å². The third-order valence-electron chi connectivity index (χ3n) is 4.46. The number of guanidine groups is 2. The van der Waals surface area contributed by atoms with Crippen molar-refractivity contribution in [2.24, 2.45) is 21.5 Å². The number of aliphatic imine (C=N–C) groups is 2. The molecule has 0 aromatic heterocycles. The van der Waals surface area contributed by atoms with Crippen LogP contribution < -0.4 is 16.4 Å². The molecule has 1 fully saturated rings. The Labute approximate surface area is 125 Å². The molecule has 3 rings (SSSR count). The zero-order valence-corrected chi connectivity index (χ0v) is 12.5. The Bertz CT molecular complexity index is 584. The molecule has 0 saturated heterocycles. The first-order valence-corrected chi connectivity index (χ1v) is 7.74. The summed E-state index contributed by atoms with van der Waals surface area (Å²) in [5, 5.41) is 0. The van der Waals surface area contributed by atoms with Crippen LogP contribution in [0.2, 0.25) is 0 Å². The van der Waals surface area contributed by atoms with Gasteiger partial charge in [0.25, 0.3) is 0 Å². The Morgan fingerprint density at radius 2 is 1.86 bits per heavy atom. The number of aryl methyl sites for hydroxylation is 1. The molecule has 0 bridgehead atoms. The summed E-state index contributed by atoms with van der Waals surface area (Å²) in [4.78, 5) is 11.0. The summed E-state index contributed by atoms with van der Waals surface area (Å²) < 4.78 is 0. The van der Waals surface area contributed by atoms with E-state index in [1.54, 1.807) is 0 Å². The summed E-state index contributed by atoms with van der Waals surface area (Å²) in [6.45, 7) is 2.15. The molecule has 1 aliphatic carbocycles. The van der Waals surface area contributed by atoms with Crippen molar-refractivity contribution in [3.63, 3.8) is 0 Å². The molecule has 4 N–H and O–H groups in total. The van der Waals surface area contributed by atoms with E-state index in [1.165, 1.54) is 12.0 Å². The van der Waals surface area contributed by atoms with Crippen LogP contribution in [0.15, 0.2) is 34.3 Å². The van der Waals surface area contributed by atoms with Gasteiger partial charge in [-0.25, -0.2) is 4.99 Å².